The molecule has 1 fully saturated rings. The highest BCUT2D eigenvalue weighted by molar-refractivity contribution is 5.26. The molecule has 1 aromatic rings. The average molecular weight is 249 g/mol. The molecule has 4 heteroatoms. The van der Waals surface area contributed by atoms with E-state index in [1.807, 2.05) is 0 Å². The molecule has 2 aliphatic heterocycles. The Hall–Kier alpha value is -0.840. The lowest BCUT2D eigenvalue weighted by atomic mass is 9.97. The maximum absolute atomic E-state index is 6.10. The Labute approximate surface area is 109 Å². The smallest absolute Gasteiger partial charge is 0.121 e. The third-order valence-corrected chi connectivity index (χ3v) is 4.29. The van der Waals surface area contributed by atoms with Crippen LogP contribution in [0.15, 0.2) is 10.5 Å². The molecule has 3 heterocycles. The second-order valence-electron chi connectivity index (χ2n) is 5.88. The largest absolute Gasteiger partial charge is 0.463 e. The fourth-order valence-corrected chi connectivity index (χ4v) is 3.17. The van der Waals surface area contributed by atoms with Crippen molar-refractivity contribution in [3.05, 3.63) is 23.2 Å². The number of likely N-dealkylation sites (N-methyl/N-ethyl adjacent to an activating group) is 2. The van der Waals surface area contributed by atoms with E-state index < -0.39 is 0 Å². The molecule has 1 saturated heterocycles. The quantitative estimate of drug-likeness (QED) is 0.816. The minimum Gasteiger partial charge on any atom is -0.463 e. The Morgan fingerprint density at radius 3 is 2.94 bits per heavy atom. The average Bonchev–Trinajstić information content (AvgIpc) is 2.71. The topological polar surface area (TPSA) is 45.6 Å². The van der Waals surface area contributed by atoms with Crippen LogP contribution in [0.1, 0.15) is 36.0 Å². The molecule has 2 aliphatic rings. The lowest BCUT2D eigenvalue weighted by Gasteiger charge is -2.34. The fourth-order valence-electron chi connectivity index (χ4n) is 3.17. The van der Waals surface area contributed by atoms with E-state index in [0.29, 0.717) is 12.1 Å². The van der Waals surface area contributed by atoms with Gasteiger partial charge in [-0.3, -0.25) is 9.80 Å². The van der Waals surface area contributed by atoms with Crippen molar-refractivity contribution in [2.24, 2.45) is 5.73 Å². The van der Waals surface area contributed by atoms with Gasteiger partial charge in [-0.2, -0.15) is 0 Å². The molecule has 4 nitrogen and oxygen atoms in total. The van der Waals surface area contributed by atoms with Crippen LogP contribution >= 0.6 is 0 Å². The Kier molecular flexibility index (Phi) is 3.18. The maximum atomic E-state index is 6.10. The molecule has 0 saturated carbocycles. The van der Waals surface area contributed by atoms with Gasteiger partial charge in [-0.1, -0.05) is 0 Å². The summed E-state index contributed by atoms with van der Waals surface area (Å²) < 4.78 is 6.10. The summed E-state index contributed by atoms with van der Waals surface area (Å²) in [7, 11) is 4.30. The van der Waals surface area contributed by atoms with E-state index in [9.17, 15) is 0 Å². The van der Waals surface area contributed by atoms with Gasteiger partial charge in [0.25, 0.3) is 0 Å². The molecule has 100 valence electrons. The minimum atomic E-state index is 0.321. The standard InChI is InChI=1S/C14H23N3O/c1-16-6-5-10-7-13(18-14(10)9-16)12-4-3-11(15)8-17(12)2/h7,11-12H,3-6,8-9,15H2,1-2H3. The van der Waals surface area contributed by atoms with Crippen molar-refractivity contribution in [3.8, 4) is 0 Å². The summed E-state index contributed by atoms with van der Waals surface area (Å²) in [5, 5.41) is 0. The summed E-state index contributed by atoms with van der Waals surface area (Å²) in [6.45, 7) is 3.05. The van der Waals surface area contributed by atoms with Gasteiger partial charge < -0.3 is 10.2 Å². The molecular weight excluding hydrogens is 226 g/mol. The van der Waals surface area contributed by atoms with E-state index in [2.05, 4.69) is 30.0 Å². The minimum absolute atomic E-state index is 0.321. The third kappa shape index (κ3) is 2.20. The van der Waals surface area contributed by atoms with Gasteiger partial charge in [-0.15, -0.1) is 0 Å². The molecule has 2 unspecified atom stereocenters. The first-order valence-corrected chi connectivity index (χ1v) is 6.89. The van der Waals surface area contributed by atoms with Crippen LogP contribution in [-0.2, 0) is 13.0 Å². The highest BCUT2D eigenvalue weighted by Crippen LogP contribution is 2.33. The summed E-state index contributed by atoms with van der Waals surface area (Å²) >= 11 is 0. The van der Waals surface area contributed by atoms with E-state index >= 15 is 0 Å². The molecule has 2 atom stereocenters. The van der Waals surface area contributed by atoms with Crippen LogP contribution in [0.2, 0.25) is 0 Å². The van der Waals surface area contributed by atoms with E-state index in [0.717, 1.165) is 44.7 Å². The molecule has 0 aromatic carbocycles. The Morgan fingerprint density at radius 1 is 1.33 bits per heavy atom. The number of nitrogens with zero attached hydrogens (tertiary/aromatic N) is 2. The Balaban J connectivity index is 1.80. The summed E-state index contributed by atoms with van der Waals surface area (Å²) in [6, 6.07) is 3.02. The van der Waals surface area contributed by atoms with E-state index in [-0.39, 0.29) is 0 Å². The van der Waals surface area contributed by atoms with Gasteiger partial charge in [0.15, 0.2) is 0 Å². The zero-order valence-electron chi connectivity index (χ0n) is 11.4. The molecule has 3 rings (SSSR count). The normalized spacial score (nSPS) is 30.4. The van der Waals surface area contributed by atoms with Gasteiger partial charge in [0.05, 0.1) is 12.6 Å². The van der Waals surface area contributed by atoms with E-state index in [1.165, 1.54) is 11.3 Å². The number of piperidine rings is 1. The zero-order valence-corrected chi connectivity index (χ0v) is 11.4. The molecule has 0 amide bonds. The van der Waals surface area contributed by atoms with Crippen LogP contribution in [0.3, 0.4) is 0 Å². The van der Waals surface area contributed by atoms with Gasteiger partial charge in [0.2, 0.25) is 0 Å². The second-order valence-corrected chi connectivity index (χ2v) is 5.88. The van der Waals surface area contributed by atoms with Gasteiger partial charge >= 0.3 is 0 Å². The molecule has 2 N–H and O–H groups in total. The van der Waals surface area contributed by atoms with Crippen molar-refractivity contribution in [2.45, 2.75) is 37.9 Å². The summed E-state index contributed by atoms with van der Waals surface area (Å²) in [5.41, 5.74) is 7.41. The van der Waals surface area contributed by atoms with Crippen molar-refractivity contribution >= 4 is 0 Å². The zero-order chi connectivity index (χ0) is 12.7. The third-order valence-electron chi connectivity index (χ3n) is 4.29. The number of likely N-dealkylation sites (tertiary alicyclic amines) is 1. The van der Waals surface area contributed by atoms with E-state index in [4.69, 9.17) is 10.2 Å². The molecule has 0 aliphatic carbocycles. The van der Waals surface area contributed by atoms with Crippen LogP contribution in [0, 0.1) is 0 Å². The lowest BCUT2D eigenvalue weighted by Crippen LogP contribution is -2.42. The predicted octanol–water partition coefficient (Wildman–Crippen LogP) is 1.36. The lowest BCUT2D eigenvalue weighted by molar-refractivity contribution is 0.145. The van der Waals surface area contributed by atoms with Gasteiger partial charge in [0, 0.05) is 19.1 Å². The van der Waals surface area contributed by atoms with Gasteiger partial charge in [0.1, 0.15) is 11.5 Å². The number of rotatable bonds is 1. The molecule has 0 radical (unpaired) electrons. The highest BCUT2D eigenvalue weighted by Gasteiger charge is 2.29. The first-order chi connectivity index (χ1) is 8.63. The molecule has 18 heavy (non-hydrogen) atoms. The van der Waals surface area contributed by atoms with E-state index in [1.54, 1.807) is 0 Å². The molecule has 1 aromatic heterocycles. The fraction of sp³-hybridized carbons (Fsp3) is 0.714. The first-order valence-electron chi connectivity index (χ1n) is 6.89. The number of hydrogen-bond donors (Lipinski definition) is 1. The van der Waals surface area contributed by atoms with Crippen LogP contribution in [0.5, 0.6) is 0 Å². The SMILES string of the molecule is CN1CCc2cc(C3CCC(N)CN3C)oc2C1. The van der Waals surface area contributed by atoms with Gasteiger partial charge in [-0.25, -0.2) is 0 Å². The van der Waals surface area contributed by atoms with Crippen molar-refractivity contribution in [1.82, 2.24) is 9.80 Å². The molecular formula is C14H23N3O. The maximum Gasteiger partial charge on any atom is 0.121 e. The van der Waals surface area contributed by atoms with Crippen LogP contribution < -0.4 is 5.73 Å². The summed E-state index contributed by atoms with van der Waals surface area (Å²) in [4.78, 5) is 4.65. The first kappa shape index (κ1) is 12.2. The van der Waals surface area contributed by atoms with Crippen LogP contribution in [0.25, 0.3) is 0 Å². The summed E-state index contributed by atoms with van der Waals surface area (Å²) in [6.07, 6.45) is 3.32. The number of furan rings is 1. The number of fused-ring (bicyclic) bond motifs is 1. The van der Waals surface area contributed by atoms with Crippen LogP contribution in [-0.4, -0.2) is 43.0 Å². The summed E-state index contributed by atoms with van der Waals surface area (Å²) in [5.74, 6) is 2.31. The van der Waals surface area contributed by atoms with Crippen molar-refractivity contribution in [1.29, 1.82) is 0 Å². The monoisotopic (exact) mass is 249 g/mol. The van der Waals surface area contributed by atoms with Gasteiger partial charge in [-0.05, 0) is 45.0 Å². The van der Waals surface area contributed by atoms with Crippen molar-refractivity contribution in [2.75, 3.05) is 27.2 Å². The Bertz CT molecular complexity index is 429. The second kappa shape index (κ2) is 4.68. The Morgan fingerprint density at radius 2 is 2.17 bits per heavy atom. The van der Waals surface area contributed by atoms with Crippen molar-refractivity contribution < 1.29 is 4.42 Å². The molecule has 0 bridgehead atoms. The highest BCUT2D eigenvalue weighted by atomic mass is 16.3. The molecule has 0 spiro atoms. The van der Waals surface area contributed by atoms with Crippen molar-refractivity contribution in [3.63, 3.8) is 0 Å². The number of nitrogens with two attached hydrogens (primary N) is 1. The van der Waals surface area contributed by atoms with Crippen LogP contribution in [0.4, 0.5) is 0 Å². The predicted molar refractivity (Wildman–Crippen MR) is 71.3 cm³/mol. The number of hydrogen-bond acceptors (Lipinski definition) is 4.